The lowest BCUT2D eigenvalue weighted by molar-refractivity contribution is -0.157. The van der Waals surface area contributed by atoms with Crippen LogP contribution >= 0.6 is 0 Å². The molecule has 4 atom stereocenters. The SMILES string of the molecule is CCC[C@H](N)C(=O)OC1CC(C)CCC1C(C)C. The minimum atomic E-state index is -0.444. The lowest BCUT2D eigenvalue weighted by Gasteiger charge is -2.37. The number of nitrogens with two attached hydrogens (primary N) is 1. The van der Waals surface area contributed by atoms with Crippen LogP contribution in [0.15, 0.2) is 0 Å². The Morgan fingerprint density at radius 3 is 2.61 bits per heavy atom. The Kier molecular flexibility index (Phi) is 6.13. The first-order valence-corrected chi connectivity index (χ1v) is 7.41. The van der Waals surface area contributed by atoms with Crippen LogP contribution in [0.2, 0.25) is 0 Å². The average Bonchev–Trinajstić information content (AvgIpc) is 2.28. The molecule has 0 aromatic carbocycles. The molecule has 1 rings (SSSR count). The molecule has 18 heavy (non-hydrogen) atoms. The Bertz CT molecular complexity index is 265. The second kappa shape index (κ2) is 7.13. The molecule has 3 heteroatoms. The molecule has 2 N–H and O–H groups in total. The maximum atomic E-state index is 11.9. The minimum absolute atomic E-state index is 0.0733. The topological polar surface area (TPSA) is 52.3 Å². The molecule has 3 nitrogen and oxygen atoms in total. The monoisotopic (exact) mass is 255 g/mol. The molecular formula is C15H29NO2. The van der Waals surface area contributed by atoms with Gasteiger partial charge in [-0.05, 0) is 37.0 Å². The summed E-state index contributed by atoms with van der Waals surface area (Å²) in [4.78, 5) is 11.9. The van der Waals surface area contributed by atoms with Gasteiger partial charge in [0.25, 0.3) is 0 Å². The van der Waals surface area contributed by atoms with Crippen molar-refractivity contribution in [3.05, 3.63) is 0 Å². The maximum Gasteiger partial charge on any atom is 0.323 e. The molecule has 0 aliphatic heterocycles. The first-order valence-electron chi connectivity index (χ1n) is 7.41. The summed E-state index contributed by atoms with van der Waals surface area (Å²) in [7, 11) is 0. The molecule has 3 unspecified atom stereocenters. The summed E-state index contributed by atoms with van der Waals surface area (Å²) in [5.74, 6) is 1.51. The molecule has 0 saturated heterocycles. The van der Waals surface area contributed by atoms with Crippen LogP contribution in [-0.4, -0.2) is 18.1 Å². The van der Waals surface area contributed by atoms with Gasteiger partial charge in [0.05, 0.1) is 0 Å². The molecule has 1 saturated carbocycles. The van der Waals surface area contributed by atoms with Gasteiger partial charge < -0.3 is 10.5 Å². The van der Waals surface area contributed by atoms with Gasteiger partial charge in [0.15, 0.2) is 0 Å². The molecule has 106 valence electrons. The number of ether oxygens (including phenoxy) is 1. The third-order valence-corrected chi connectivity index (χ3v) is 4.13. The predicted molar refractivity (Wildman–Crippen MR) is 74.1 cm³/mol. The molecule has 0 heterocycles. The van der Waals surface area contributed by atoms with Crippen molar-refractivity contribution < 1.29 is 9.53 Å². The molecule has 0 spiro atoms. The summed E-state index contributed by atoms with van der Waals surface area (Å²) >= 11 is 0. The van der Waals surface area contributed by atoms with Crippen molar-refractivity contribution in [2.45, 2.75) is 71.9 Å². The van der Waals surface area contributed by atoms with E-state index < -0.39 is 6.04 Å². The lowest BCUT2D eigenvalue weighted by Crippen LogP contribution is -2.41. The van der Waals surface area contributed by atoms with Crippen LogP contribution in [0.4, 0.5) is 0 Å². The van der Waals surface area contributed by atoms with Gasteiger partial charge in [0.2, 0.25) is 0 Å². The van der Waals surface area contributed by atoms with Crippen molar-refractivity contribution in [1.82, 2.24) is 0 Å². The van der Waals surface area contributed by atoms with Gasteiger partial charge in [-0.2, -0.15) is 0 Å². The highest BCUT2D eigenvalue weighted by atomic mass is 16.5. The fourth-order valence-corrected chi connectivity index (χ4v) is 2.92. The number of hydrogen-bond donors (Lipinski definition) is 1. The zero-order chi connectivity index (χ0) is 13.7. The van der Waals surface area contributed by atoms with E-state index in [9.17, 15) is 4.79 Å². The van der Waals surface area contributed by atoms with E-state index in [4.69, 9.17) is 10.5 Å². The Morgan fingerprint density at radius 2 is 2.06 bits per heavy atom. The number of hydrogen-bond acceptors (Lipinski definition) is 3. The van der Waals surface area contributed by atoms with Crippen LogP contribution in [0.5, 0.6) is 0 Å². The lowest BCUT2D eigenvalue weighted by atomic mass is 9.75. The van der Waals surface area contributed by atoms with Gasteiger partial charge in [-0.1, -0.05) is 40.5 Å². The summed E-state index contributed by atoms with van der Waals surface area (Å²) in [6.45, 7) is 8.71. The second-order valence-corrected chi connectivity index (χ2v) is 6.20. The van der Waals surface area contributed by atoms with E-state index in [1.807, 2.05) is 6.92 Å². The van der Waals surface area contributed by atoms with Crippen LogP contribution in [-0.2, 0) is 9.53 Å². The third-order valence-electron chi connectivity index (χ3n) is 4.13. The second-order valence-electron chi connectivity index (χ2n) is 6.20. The van der Waals surface area contributed by atoms with Crippen LogP contribution in [0, 0.1) is 17.8 Å². The van der Waals surface area contributed by atoms with Gasteiger partial charge in [-0.3, -0.25) is 4.79 Å². The fraction of sp³-hybridized carbons (Fsp3) is 0.933. The van der Waals surface area contributed by atoms with E-state index in [-0.39, 0.29) is 12.1 Å². The van der Waals surface area contributed by atoms with E-state index in [1.165, 1.54) is 12.8 Å². The van der Waals surface area contributed by atoms with E-state index in [0.717, 1.165) is 12.8 Å². The first kappa shape index (κ1) is 15.5. The van der Waals surface area contributed by atoms with Crippen LogP contribution < -0.4 is 5.73 Å². The molecular weight excluding hydrogens is 226 g/mol. The quantitative estimate of drug-likeness (QED) is 0.768. The normalized spacial score (nSPS) is 30.2. The summed E-state index contributed by atoms with van der Waals surface area (Å²) < 4.78 is 5.69. The summed E-state index contributed by atoms with van der Waals surface area (Å²) in [6, 6.07) is -0.444. The van der Waals surface area contributed by atoms with Gasteiger partial charge in [-0.25, -0.2) is 0 Å². The van der Waals surface area contributed by atoms with Gasteiger partial charge >= 0.3 is 5.97 Å². The zero-order valence-electron chi connectivity index (χ0n) is 12.3. The fourth-order valence-electron chi connectivity index (χ4n) is 2.92. The van der Waals surface area contributed by atoms with Gasteiger partial charge in [0, 0.05) is 0 Å². The number of rotatable bonds is 5. The summed E-state index contributed by atoms with van der Waals surface area (Å²) in [5, 5.41) is 0. The minimum Gasteiger partial charge on any atom is -0.461 e. The van der Waals surface area contributed by atoms with Crippen molar-refractivity contribution in [1.29, 1.82) is 0 Å². The molecule has 0 bridgehead atoms. The molecule has 0 amide bonds. The molecule has 0 radical (unpaired) electrons. The van der Waals surface area contributed by atoms with Crippen molar-refractivity contribution in [2.24, 2.45) is 23.5 Å². The van der Waals surface area contributed by atoms with E-state index in [0.29, 0.717) is 24.2 Å². The Morgan fingerprint density at radius 1 is 1.39 bits per heavy atom. The van der Waals surface area contributed by atoms with Crippen LogP contribution in [0.1, 0.15) is 59.8 Å². The highest BCUT2D eigenvalue weighted by molar-refractivity contribution is 5.75. The maximum absolute atomic E-state index is 11.9. The van der Waals surface area contributed by atoms with Crippen molar-refractivity contribution in [3.8, 4) is 0 Å². The smallest absolute Gasteiger partial charge is 0.323 e. The largest absolute Gasteiger partial charge is 0.461 e. The van der Waals surface area contributed by atoms with Crippen LogP contribution in [0.25, 0.3) is 0 Å². The van der Waals surface area contributed by atoms with Crippen molar-refractivity contribution in [3.63, 3.8) is 0 Å². The van der Waals surface area contributed by atoms with Crippen molar-refractivity contribution >= 4 is 5.97 Å². The van der Waals surface area contributed by atoms with Crippen LogP contribution in [0.3, 0.4) is 0 Å². The summed E-state index contributed by atoms with van der Waals surface area (Å²) in [5.41, 5.74) is 5.83. The number of carbonyl (C=O) groups is 1. The molecule has 0 aromatic heterocycles. The Labute approximate surface area is 111 Å². The van der Waals surface area contributed by atoms with E-state index in [1.54, 1.807) is 0 Å². The number of esters is 1. The number of carbonyl (C=O) groups excluding carboxylic acids is 1. The molecule has 1 fully saturated rings. The highest BCUT2D eigenvalue weighted by Gasteiger charge is 2.34. The highest BCUT2D eigenvalue weighted by Crippen LogP contribution is 2.35. The molecule has 1 aliphatic rings. The molecule has 0 aromatic rings. The van der Waals surface area contributed by atoms with Gasteiger partial charge in [-0.15, -0.1) is 0 Å². The van der Waals surface area contributed by atoms with Crippen molar-refractivity contribution in [2.75, 3.05) is 0 Å². The first-order chi connectivity index (χ1) is 8.45. The standard InChI is InChI=1S/C15H29NO2/c1-5-6-13(16)15(17)18-14-9-11(4)7-8-12(14)10(2)3/h10-14H,5-9,16H2,1-4H3/t11?,12?,13-,14?/m0/s1. The van der Waals surface area contributed by atoms with E-state index in [2.05, 4.69) is 20.8 Å². The Balaban J connectivity index is 2.57. The van der Waals surface area contributed by atoms with Gasteiger partial charge in [0.1, 0.15) is 12.1 Å². The van der Waals surface area contributed by atoms with E-state index >= 15 is 0 Å². The predicted octanol–water partition coefficient (Wildman–Crippen LogP) is 3.12. The Hall–Kier alpha value is -0.570. The third kappa shape index (κ3) is 4.27. The summed E-state index contributed by atoms with van der Waals surface area (Å²) in [6.07, 6.45) is 5.12. The molecule has 1 aliphatic carbocycles. The average molecular weight is 255 g/mol. The zero-order valence-corrected chi connectivity index (χ0v) is 12.3.